The molecule has 4 heteroatoms. The van der Waals surface area contributed by atoms with Crippen molar-refractivity contribution in [3.8, 4) is 0 Å². The van der Waals surface area contributed by atoms with Gasteiger partial charge in [-0.2, -0.15) is 0 Å². The number of nitrogens with one attached hydrogen (secondary N) is 1. The minimum Gasteiger partial charge on any atom is -0.465 e. The van der Waals surface area contributed by atoms with Crippen molar-refractivity contribution in [3.05, 3.63) is 101 Å². The Kier molecular flexibility index (Phi) is 3.81. The molecule has 1 heterocycles. The van der Waals surface area contributed by atoms with Crippen LogP contribution in [0.15, 0.2) is 78.9 Å². The zero-order valence-electron chi connectivity index (χ0n) is 14.2. The van der Waals surface area contributed by atoms with Crippen LogP contribution in [-0.2, 0) is 14.9 Å². The standard InChI is InChI=1S/C22H17NO3/c1-26-20(24)17-13-8-14-18-19(17)23-21(25)22(18,15-9-4-2-5-10-15)16-11-6-3-7-12-16/h2-14H,1H3,(H,23,25). The maximum absolute atomic E-state index is 13.4. The van der Waals surface area contributed by atoms with Gasteiger partial charge in [0.2, 0.25) is 5.91 Å². The van der Waals surface area contributed by atoms with E-state index in [4.69, 9.17) is 4.74 Å². The average Bonchev–Trinajstić information content (AvgIpc) is 3.01. The summed E-state index contributed by atoms with van der Waals surface area (Å²) < 4.78 is 4.89. The number of anilines is 1. The Hall–Kier alpha value is -3.40. The van der Waals surface area contributed by atoms with E-state index in [1.54, 1.807) is 12.1 Å². The second kappa shape index (κ2) is 6.15. The third-order valence-corrected chi connectivity index (χ3v) is 4.87. The van der Waals surface area contributed by atoms with Crippen LogP contribution >= 0.6 is 0 Å². The first-order valence-electron chi connectivity index (χ1n) is 8.34. The molecule has 0 atom stereocenters. The molecule has 0 unspecified atom stereocenters. The first-order valence-corrected chi connectivity index (χ1v) is 8.34. The fourth-order valence-corrected chi connectivity index (χ4v) is 3.73. The van der Waals surface area contributed by atoms with E-state index < -0.39 is 11.4 Å². The number of para-hydroxylation sites is 1. The Bertz CT molecular complexity index is 941. The van der Waals surface area contributed by atoms with Gasteiger partial charge in [0.1, 0.15) is 5.41 Å². The van der Waals surface area contributed by atoms with Crippen LogP contribution in [-0.4, -0.2) is 19.0 Å². The number of carbonyl (C=O) groups is 2. The van der Waals surface area contributed by atoms with Crippen molar-refractivity contribution in [2.75, 3.05) is 12.4 Å². The molecule has 1 N–H and O–H groups in total. The van der Waals surface area contributed by atoms with Crippen molar-refractivity contribution in [2.45, 2.75) is 5.41 Å². The maximum atomic E-state index is 13.4. The predicted octanol–water partition coefficient (Wildman–Crippen LogP) is 3.76. The fraction of sp³-hybridized carbons (Fsp3) is 0.0909. The predicted molar refractivity (Wildman–Crippen MR) is 99.2 cm³/mol. The molecule has 1 amide bonds. The number of methoxy groups -OCH3 is 1. The number of esters is 1. The van der Waals surface area contributed by atoms with Gasteiger partial charge in [-0.3, -0.25) is 4.79 Å². The molecule has 0 aliphatic carbocycles. The van der Waals surface area contributed by atoms with Crippen molar-refractivity contribution in [1.82, 2.24) is 0 Å². The third kappa shape index (κ3) is 2.15. The van der Waals surface area contributed by atoms with Crippen molar-refractivity contribution in [2.24, 2.45) is 0 Å². The largest absolute Gasteiger partial charge is 0.465 e. The second-order valence-corrected chi connectivity index (χ2v) is 6.16. The van der Waals surface area contributed by atoms with Gasteiger partial charge in [0.15, 0.2) is 0 Å². The number of carbonyl (C=O) groups excluding carboxylic acids is 2. The van der Waals surface area contributed by atoms with E-state index in [0.717, 1.165) is 16.7 Å². The van der Waals surface area contributed by atoms with Gasteiger partial charge < -0.3 is 10.1 Å². The van der Waals surface area contributed by atoms with Gasteiger partial charge >= 0.3 is 5.97 Å². The summed E-state index contributed by atoms with van der Waals surface area (Å²) in [6, 6.07) is 24.6. The Labute approximate surface area is 151 Å². The highest BCUT2D eigenvalue weighted by molar-refractivity contribution is 6.15. The van der Waals surface area contributed by atoms with Crippen LogP contribution in [0.3, 0.4) is 0 Å². The first kappa shape index (κ1) is 16.1. The summed E-state index contributed by atoms with van der Waals surface area (Å²) in [4.78, 5) is 25.5. The lowest BCUT2D eigenvalue weighted by atomic mass is 9.70. The van der Waals surface area contributed by atoms with Crippen LogP contribution in [0.2, 0.25) is 0 Å². The van der Waals surface area contributed by atoms with Gasteiger partial charge in [-0.15, -0.1) is 0 Å². The number of amides is 1. The molecule has 3 aromatic rings. The molecule has 0 fully saturated rings. The number of hydrogen-bond donors (Lipinski definition) is 1. The molecule has 0 saturated carbocycles. The topological polar surface area (TPSA) is 55.4 Å². The lowest BCUT2D eigenvalue weighted by Gasteiger charge is -2.29. The third-order valence-electron chi connectivity index (χ3n) is 4.87. The van der Waals surface area contributed by atoms with Crippen LogP contribution in [0, 0.1) is 0 Å². The Morgan fingerprint density at radius 1 is 0.846 bits per heavy atom. The van der Waals surface area contributed by atoms with Gasteiger partial charge in [-0.1, -0.05) is 72.8 Å². The summed E-state index contributed by atoms with van der Waals surface area (Å²) in [5, 5.41) is 2.93. The summed E-state index contributed by atoms with van der Waals surface area (Å²) in [6.45, 7) is 0. The molecule has 128 valence electrons. The number of fused-ring (bicyclic) bond motifs is 1. The monoisotopic (exact) mass is 343 g/mol. The van der Waals surface area contributed by atoms with E-state index in [0.29, 0.717) is 11.3 Å². The molecule has 3 aromatic carbocycles. The van der Waals surface area contributed by atoms with Gasteiger partial charge in [0, 0.05) is 5.56 Å². The van der Waals surface area contributed by atoms with Crippen molar-refractivity contribution >= 4 is 17.6 Å². The van der Waals surface area contributed by atoms with E-state index in [-0.39, 0.29) is 5.91 Å². The minimum absolute atomic E-state index is 0.179. The molecule has 26 heavy (non-hydrogen) atoms. The lowest BCUT2D eigenvalue weighted by Crippen LogP contribution is -2.36. The van der Waals surface area contributed by atoms with E-state index in [2.05, 4.69) is 5.32 Å². The van der Waals surface area contributed by atoms with Crippen LogP contribution < -0.4 is 5.32 Å². The summed E-state index contributed by atoms with van der Waals surface area (Å²) in [6.07, 6.45) is 0. The first-order chi connectivity index (χ1) is 12.7. The zero-order chi connectivity index (χ0) is 18.1. The van der Waals surface area contributed by atoms with Crippen LogP contribution in [0.4, 0.5) is 5.69 Å². The number of benzene rings is 3. The summed E-state index contributed by atoms with van der Waals surface area (Å²) in [7, 11) is 1.33. The fourth-order valence-electron chi connectivity index (χ4n) is 3.73. The lowest BCUT2D eigenvalue weighted by molar-refractivity contribution is -0.118. The molecule has 4 nitrogen and oxygen atoms in total. The van der Waals surface area contributed by atoms with Crippen LogP contribution in [0.1, 0.15) is 27.0 Å². The SMILES string of the molecule is COC(=O)c1cccc2c1NC(=O)C2(c1ccccc1)c1ccccc1. The molecular weight excluding hydrogens is 326 g/mol. The van der Waals surface area contributed by atoms with Crippen LogP contribution in [0.25, 0.3) is 0 Å². The van der Waals surface area contributed by atoms with Crippen LogP contribution in [0.5, 0.6) is 0 Å². The quantitative estimate of drug-likeness (QED) is 0.737. The van der Waals surface area contributed by atoms with Crippen molar-refractivity contribution in [1.29, 1.82) is 0 Å². The summed E-state index contributed by atoms with van der Waals surface area (Å²) >= 11 is 0. The molecule has 4 rings (SSSR count). The highest BCUT2D eigenvalue weighted by Crippen LogP contribution is 2.48. The minimum atomic E-state index is -1.01. The molecule has 0 spiro atoms. The maximum Gasteiger partial charge on any atom is 0.339 e. The van der Waals surface area contributed by atoms with Crippen molar-refractivity contribution < 1.29 is 14.3 Å². The highest BCUT2D eigenvalue weighted by Gasteiger charge is 2.50. The van der Waals surface area contributed by atoms with Gasteiger partial charge in [0.05, 0.1) is 18.4 Å². The van der Waals surface area contributed by atoms with E-state index in [1.165, 1.54) is 7.11 Å². The Morgan fingerprint density at radius 2 is 1.42 bits per heavy atom. The highest BCUT2D eigenvalue weighted by atomic mass is 16.5. The Morgan fingerprint density at radius 3 is 1.96 bits per heavy atom. The molecule has 1 aliphatic rings. The molecule has 1 aliphatic heterocycles. The number of rotatable bonds is 3. The number of ether oxygens (including phenoxy) is 1. The smallest absolute Gasteiger partial charge is 0.339 e. The van der Waals surface area contributed by atoms with Gasteiger partial charge in [0.25, 0.3) is 0 Å². The average molecular weight is 343 g/mol. The Balaban J connectivity index is 2.07. The summed E-state index contributed by atoms with van der Waals surface area (Å²) in [5.41, 5.74) is 2.31. The van der Waals surface area contributed by atoms with E-state index >= 15 is 0 Å². The van der Waals surface area contributed by atoms with E-state index in [9.17, 15) is 9.59 Å². The van der Waals surface area contributed by atoms with E-state index in [1.807, 2.05) is 66.7 Å². The molecule has 0 bridgehead atoms. The summed E-state index contributed by atoms with van der Waals surface area (Å²) in [5.74, 6) is -0.652. The zero-order valence-corrected chi connectivity index (χ0v) is 14.2. The molecule has 0 aromatic heterocycles. The van der Waals surface area contributed by atoms with Gasteiger partial charge in [-0.25, -0.2) is 4.79 Å². The second-order valence-electron chi connectivity index (χ2n) is 6.16. The normalized spacial score (nSPS) is 14.4. The molecule has 0 saturated heterocycles. The van der Waals surface area contributed by atoms with Gasteiger partial charge in [-0.05, 0) is 17.2 Å². The molecule has 0 radical (unpaired) electrons. The van der Waals surface area contributed by atoms with Crippen molar-refractivity contribution in [3.63, 3.8) is 0 Å². The molecular formula is C22H17NO3. The number of hydrogen-bond acceptors (Lipinski definition) is 3.